The molecule has 26 heavy (non-hydrogen) atoms. The number of pyridine rings is 1. The van der Waals surface area contributed by atoms with E-state index in [-0.39, 0.29) is 0 Å². The summed E-state index contributed by atoms with van der Waals surface area (Å²) in [5, 5.41) is 5.45. The summed E-state index contributed by atoms with van der Waals surface area (Å²) in [6, 6.07) is 7.91. The smallest absolute Gasteiger partial charge is 0.156 e. The SMILES string of the molecule is CCCCCCCCCCCCSc1cccc(-n2nc(C)cc2N)n1. The number of nitrogen functional groups attached to an aromatic ring is 1. The van der Waals surface area contributed by atoms with E-state index in [4.69, 9.17) is 5.73 Å². The molecule has 0 aromatic carbocycles. The summed E-state index contributed by atoms with van der Waals surface area (Å²) in [5.41, 5.74) is 6.90. The predicted molar refractivity (Wildman–Crippen MR) is 113 cm³/mol. The maximum absolute atomic E-state index is 5.99. The molecule has 0 bridgehead atoms. The lowest BCUT2D eigenvalue weighted by atomic mass is 10.1. The molecule has 0 saturated carbocycles. The van der Waals surface area contributed by atoms with Crippen molar-refractivity contribution in [2.24, 2.45) is 0 Å². The van der Waals surface area contributed by atoms with Crippen LogP contribution < -0.4 is 5.73 Å². The van der Waals surface area contributed by atoms with Crippen LogP contribution in [0.1, 0.15) is 76.8 Å². The van der Waals surface area contributed by atoms with Gasteiger partial charge < -0.3 is 5.73 Å². The molecule has 2 heterocycles. The molecule has 0 aliphatic carbocycles. The average Bonchev–Trinajstić information content (AvgIpc) is 2.98. The molecule has 2 N–H and O–H groups in total. The number of nitrogens with zero attached hydrogens (tertiary/aromatic N) is 3. The summed E-state index contributed by atoms with van der Waals surface area (Å²) in [7, 11) is 0. The molecule has 0 atom stereocenters. The molecule has 0 aliphatic heterocycles. The molecule has 0 saturated heterocycles. The van der Waals surface area contributed by atoms with Crippen LogP contribution in [0.5, 0.6) is 0 Å². The number of thioether (sulfide) groups is 1. The van der Waals surface area contributed by atoms with Crippen LogP contribution in [0.4, 0.5) is 5.82 Å². The Labute approximate surface area is 163 Å². The second-order valence-corrected chi connectivity index (χ2v) is 8.10. The molecule has 0 spiro atoms. The minimum Gasteiger partial charge on any atom is -0.384 e. The van der Waals surface area contributed by atoms with Gasteiger partial charge in [-0.25, -0.2) is 4.98 Å². The van der Waals surface area contributed by atoms with Crippen molar-refractivity contribution in [3.8, 4) is 5.82 Å². The quantitative estimate of drug-likeness (QED) is 0.336. The number of aromatic nitrogens is 3. The lowest BCUT2D eigenvalue weighted by Gasteiger charge is -2.06. The number of nitrogens with two attached hydrogens (primary N) is 1. The number of hydrogen-bond donors (Lipinski definition) is 1. The zero-order valence-corrected chi connectivity index (χ0v) is 17.2. The monoisotopic (exact) mass is 374 g/mol. The molecule has 0 amide bonds. The van der Waals surface area contributed by atoms with E-state index in [9.17, 15) is 0 Å². The summed E-state index contributed by atoms with van der Waals surface area (Å²) < 4.78 is 1.71. The van der Waals surface area contributed by atoms with Gasteiger partial charge in [0, 0.05) is 6.07 Å². The Balaban J connectivity index is 1.60. The lowest BCUT2D eigenvalue weighted by molar-refractivity contribution is 0.563. The Morgan fingerprint density at radius 2 is 1.62 bits per heavy atom. The van der Waals surface area contributed by atoms with Crippen LogP contribution in [0.25, 0.3) is 5.82 Å². The van der Waals surface area contributed by atoms with Gasteiger partial charge in [-0.15, -0.1) is 11.8 Å². The van der Waals surface area contributed by atoms with Gasteiger partial charge in [0.2, 0.25) is 0 Å². The third-order valence-electron chi connectivity index (χ3n) is 4.53. The van der Waals surface area contributed by atoms with Crippen LogP contribution in [0, 0.1) is 6.92 Å². The van der Waals surface area contributed by atoms with Crippen LogP contribution in [0.3, 0.4) is 0 Å². The highest BCUT2D eigenvalue weighted by Crippen LogP contribution is 2.21. The van der Waals surface area contributed by atoms with E-state index >= 15 is 0 Å². The van der Waals surface area contributed by atoms with E-state index in [1.54, 1.807) is 4.68 Å². The van der Waals surface area contributed by atoms with Crippen LogP contribution in [-0.4, -0.2) is 20.5 Å². The van der Waals surface area contributed by atoms with Gasteiger partial charge in [-0.05, 0) is 31.2 Å². The number of rotatable bonds is 13. The average molecular weight is 375 g/mol. The van der Waals surface area contributed by atoms with Crippen molar-refractivity contribution in [1.29, 1.82) is 0 Å². The second-order valence-electron chi connectivity index (χ2n) is 6.99. The molecular weight excluding hydrogens is 340 g/mol. The van der Waals surface area contributed by atoms with Crippen molar-refractivity contribution in [3.63, 3.8) is 0 Å². The van der Waals surface area contributed by atoms with Crippen LogP contribution in [0.2, 0.25) is 0 Å². The van der Waals surface area contributed by atoms with Crippen molar-refractivity contribution in [1.82, 2.24) is 14.8 Å². The minimum absolute atomic E-state index is 0.631. The Hall–Kier alpha value is -1.49. The fourth-order valence-corrected chi connectivity index (χ4v) is 3.96. The first-order valence-electron chi connectivity index (χ1n) is 10.1. The number of anilines is 1. The molecule has 0 unspecified atom stereocenters. The van der Waals surface area contributed by atoms with Crippen molar-refractivity contribution in [2.75, 3.05) is 11.5 Å². The van der Waals surface area contributed by atoms with Gasteiger partial charge in [-0.2, -0.15) is 9.78 Å². The molecule has 2 aromatic rings. The van der Waals surface area contributed by atoms with Crippen LogP contribution in [0.15, 0.2) is 29.3 Å². The van der Waals surface area contributed by atoms with Gasteiger partial charge in [0.05, 0.1) is 10.7 Å². The molecule has 4 nitrogen and oxygen atoms in total. The molecule has 2 rings (SSSR count). The van der Waals surface area contributed by atoms with E-state index in [0.29, 0.717) is 5.82 Å². The highest BCUT2D eigenvalue weighted by molar-refractivity contribution is 7.99. The standard InChI is InChI=1S/C21H34N4S/c1-3-4-5-6-7-8-9-10-11-12-16-26-21-15-13-14-20(23-21)25-19(22)17-18(2)24-25/h13-15,17H,3-12,16,22H2,1-2H3. The first-order chi connectivity index (χ1) is 12.7. The highest BCUT2D eigenvalue weighted by atomic mass is 32.2. The number of unbranched alkanes of at least 4 members (excludes halogenated alkanes) is 9. The van der Waals surface area contributed by atoms with Crippen molar-refractivity contribution < 1.29 is 0 Å². The van der Waals surface area contributed by atoms with Crippen molar-refractivity contribution in [2.45, 2.75) is 83.1 Å². The fraction of sp³-hybridized carbons (Fsp3) is 0.619. The van der Waals surface area contributed by atoms with Gasteiger partial charge in [0.25, 0.3) is 0 Å². The van der Waals surface area contributed by atoms with E-state index in [1.807, 2.05) is 36.9 Å². The zero-order chi connectivity index (χ0) is 18.6. The summed E-state index contributed by atoms with van der Waals surface area (Å²) in [6.07, 6.45) is 13.8. The summed E-state index contributed by atoms with van der Waals surface area (Å²) >= 11 is 1.83. The highest BCUT2D eigenvalue weighted by Gasteiger charge is 2.06. The molecule has 5 heteroatoms. The molecular formula is C21H34N4S. The van der Waals surface area contributed by atoms with Crippen LogP contribution in [-0.2, 0) is 0 Å². The normalized spacial score (nSPS) is 11.2. The minimum atomic E-state index is 0.631. The van der Waals surface area contributed by atoms with Gasteiger partial charge in [0.1, 0.15) is 5.82 Å². The largest absolute Gasteiger partial charge is 0.384 e. The Morgan fingerprint density at radius 1 is 0.962 bits per heavy atom. The molecule has 0 radical (unpaired) electrons. The lowest BCUT2D eigenvalue weighted by Crippen LogP contribution is -2.04. The first kappa shape index (κ1) is 20.8. The summed E-state index contributed by atoms with van der Waals surface area (Å²) in [5.74, 6) is 2.55. The third kappa shape index (κ3) is 7.40. The summed E-state index contributed by atoms with van der Waals surface area (Å²) in [6.45, 7) is 4.22. The van der Waals surface area contributed by atoms with E-state index in [0.717, 1.165) is 22.3 Å². The molecule has 0 aliphatic rings. The van der Waals surface area contributed by atoms with Crippen molar-refractivity contribution >= 4 is 17.6 Å². The maximum Gasteiger partial charge on any atom is 0.156 e. The Bertz CT molecular complexity index is 639. The van der Waals surface area contributed by atoms with Crippen LogP contribution >= 0.6 is 11.8 Å². The van der Waals surface area contributed by atoms with Gasteiger partial charge in [-0.1, -0.05) is 70.8 Å². The van der Waals surface area contributed by atoms with E-state index in [2.05, 4.69) is 23.1 Å². The fourth-order valence-electron chi connectivity index (χ4n) is 3.07. The summed E-state index contributed by atoms with van der Waals surface area (Å²) in [4.78, 5) is 4.68. The predicted octanol–water partition coefficient (Wildman–Crippen LogP) is 6.17. The Morgan fingerprint density at radius 3 is 2.23 bits per heavy atom. The number of aryl methyl sites for hydroxylation is 1. The second kappa shape index (κ2) is 12.0. The van der Waals surface area contributed by atoms with E-state index in [1.165, 1.54) is 64.2 Å². The molecule has 144 valence electrons. The zero-order valence-electron chi connectivity index (χ0n) is 16.4. The molecule has 2 aromatic heterocycles. The third-order valence-corrected chi connectivity index (χ3v) is 5.55. The van der Waals surface area contributed by atoms with Crippen molar-refractivity contribution in [3.05, 3.63) is 30.0 Å². The Kier molecular flexibility index (Phi) is 9.61. The van der Waals surface area contributed by atoms with E-state index < -0.39 is 0 Å². The number of hydrogen-bond acceptors (Lipinski definition) is 4. The molecule has 0 fully saturated rings. The topological polar surface area (TPSA) is 56.7 Å². The maximum atomic E-state index is 5.99. The van der Waals surface area contributed by atoms with Gasteiger partial charge >= 0.3 is 0 Å². The first-order valence-corrected chi connectivity index (χ1v) is 11.1. The van der Waals surface area contributed by atoms with Gasteiger partial charge in [0.15, 0.2) is 5.82 Å². The van der Waals surface area contributed by atoms with Gasteiger partial charge in [-0.3, -0.25) is 0 Å².